The standard InChI is InChI=1S/C18H24N2O/c1-2-3-10-18(21)20-11-6-8-15(13-20)17-12-14-7-4-5-9-16(14)19-17/h4-5,7,9,12,15,19H,2-3,6,8,10-11,13H2,1H3. The van der Waals surface area contributed by atoms with Crippen LogP contribution in [0.1, 0.15) is 50.6 Å². The minimum absolute atomic E-state index is 0.331. The molecule has 1 unspecified atom stereocenters. The van der Waals surface area contributed by atoms with Gasteiger partial charge >= 0.3 is 0 Å². The Morgan fingerprint density at radius 1 is 1.38 bits per heavy atom. The van der Waals surface area contributed by atoms with Crippen LogP contribution < -0.4 is 0 Å². The number of hydrogen-bond acceptors (Lipinski definition) is 1. The molecular formula is C18H24N2O. The third-order valence-electron chi connectivity index (χ3n) is 4.51. The van der Waals surface area contributed by atoms with Crippen molar-refractivity contribution in [3.63, 3.8) is 0 Å². The van der Waals surface area contributed by atoms with E-state index in [0.29, 0.717) is 18.2 Å². The van der Waals surface area contributed by atoms with Gasteiger partial charge in [0.2, 0.25) is 5.91 Å². The summed E-state index contributed by atoms with van der Waals surface area (Å²) in [6, 6.07) is 10.6. The van der Waals surface area contributed by atoms with Gasteiger partial charge in [0.1, 0.15) is 0 Å². The summed E-state index contributed by atoms with van der Waals surface area (Å²) in [6.45, 7) is 3.94. The molecule has 0 aliphatic carbocycles. The Kier molecular flexibility index (Phi) is 4.28. The molecule has 21 heavy (non-hydrogen) atoms. The van der Waals surface area contributed by atoms with Crippen LogP contribution in [0, 0.1) is 0 Å². The molecule has 1 aliphatic rings. The molecule has 1 aliphatic heterocycles. The van der Waals surface area contributed by atoms with Crippen molar-refractivity contribution < 1.29 is 4.79 Å². The van der Waals surface area contributed by atoms with Crippen molar-refractivity contribution in [3.8, 4) is 0 Å². The Balaban J connectivity index is 1.72. The molecule has 0 bridgehead atoms. The lowest BCUT2D eigenvalue weighted by Gasteiger charge is -2.32. The first-order valence-electron chi connectivity index (χ1n) is 8.13. The van der Waals surface area contributed by atoms with Crippen molar-refractivity contribution in [1.29, 1.82) is 0 Å². The maximum Gasteiger partial charge on any atom is 0.222 e. The van der Waals surface area contributed by atoms with Gasteiger partial charge in [-0.1, -0.05) is 31.5 Å². The van der Waals surface area contributed by atoms with Gasteiger partial charge in [-0.15, -0.1) is 0 Å². The van der Waals surface area contributed by atoms with Gasteiger partial charge in [0.15, 0.2) is 0 Å². The number of piperidine rings is 1. The van der Waals surface area contributed by atoms with Crippen LogP contribution in [-0.2, 0) is 4.79 Å². The Bertz CT molecular complexity index is 583. The SMILES string of the molecule is CCCCC(=O)N1CCCC(c2cc3ccccc3[nH]2)C1. The number of likely N-dealkylation sites (tertiary alicyclic amines) is 1. The highest BCUT2D eigenvalue weighted by molar-refractivity contribution is 5.80. The van der Waals surface area contributed by atoms with Gasteiger partial charge < -0.3 is 9.88 Å². The van der Waals surface area contributed by atoms with Crippen LogP contribution in [0.5, 0.6) is 0 Å². The van der Waals surface area contributed by atoms with Crippen LogP contribution in [0.15, 0.2) is 30.3 Å². The van der Waals surface area contributed by atoms with E-state index in [1.807, 2.05) is 0 Å². The third kappa shape index (κ3) is 3.12. The van der Waals surface area contributed by atoms with Crippen LogP contribution in [0.2, 0.25) is 0 Å². The number of nitrogens with zero attached hydrogens (tertiary/aromatic N) is 1. The number of benzene rings is 1. The van der Waals surface area contributed by atoms with E-state index in [1.165, 1.54) is 23.0 Å². The molecule has 3 heteroatoms. The Morgan fingerprint density at radius 2 is 2.24 bits per heavy atom. The highest BCUT2D eigenvalue weighted by atomic mass is 16.2. The summed E-state index contributed by atoms with van der Waals surface area (Å²) in [7, 11) is 0. The van der Waals surface area contributed by atoms with E-state index >= 15 is 0 Å². The average Bonchev–Trinajstić information content (AvgIpc) is 2.97. The molecule has 1 atom stereocenters. The normalized spacial score (nSPS) is 19.1. The number of aromatic nitrogens is 1. The molecule has 3 nitrogen and oxygen atoms in total. The van der Waals surface area contributed by atoms with Crippen molar-refractivity contribution in [2.45, 2.75) is 44.9 Å². The minimum Gasteiger partial charge on any atom is -0.358 e. The second-order valence-electron chi connectivity index (χ2n) is 6.09. The summed E-state index contributed by atoms with van der Waals surface area (Å²) in [5.74, 6) is 0.786. The molecule has 0 saturated carbocycles. The third-order valence-corrected chi connectivity index (χ3v) is 4.51. The number of nitrogens with one attached hydrogen (secondary N) is 1. The van der Waals surface area contributed by atoms with Gasteiger partial charge in [0.25, 0.3) is 0 Å². The molecule has 0 spiro atoms. The summed E-state index contributed by atoms with van der Waals surface area (Å²) < 4.78 is 0. The first-order valence-corrected chi connectivity index (χ1v) is 8.13. The quantitative estimate of drug-likeness (QED) is 0.903. The van der Waals surface area contributed by atoms with Gasteiger partial charge in [-0.25, -0.2) is 0 Å². The predicted octanol–water partition coefficient (Wildman–Crippen LogP) is 4.06. The molecule has 1 aromatic heterocycles. The van der Waals surface area contributed by atoms with Gasteiger partial charge in [0, 0.05) is 36.6 Å². The van der Waals surface area contributed by atoms with E-state index in [0.717, 1.165) is 32.4 Å². The van der Waals surface area contributed by atoms with Gasteiger partial charge in [-0.05, 0) is 36.8 Å². The summed E-state index contributed by atoms with van der Waals surface area (Å²) >= 11 is 0. The Morgan fingerprint density at radius 3 is 3.05 bits per heavy atom. The maximum absolute atomic E-state index is 12.2. The Labute approximate surface area is 126 Å². The van der Waals surface area contributed by atoms with E-state index in [-0.39, 0.29) is 0 Å². The van der Waals surface area contributed by atoms with Crippen molar-refractivity contribution in [2.24, 2.45) is 0 Å². The number of aromatic amines is 1. The highest BCUT2D eigenvalue weighted by Crippen LogP contribution is 2.29. The smallest absolute Gasteiger partial charge is 0.222 e. The number of carbonyl (C=O) groups is 1. The lowest BCUT2D eigenvalue weighted by Crippen LogP contribution is -2.39. The zero-order chi connectivity index (χ0) is 14.7. The topological polar surface area (TPSA) is 36.1 Å². The van der Waals surface area contributed by atoms with E-state index in [2.05, 4.69) is 47.1 Å². The molecule has 1 aromatic carbocycles. The highest BCUT2D eigenvalue weighted by Gasteiger charge is 2.25. The zero-order valence-electron chi connectivity index (χ0n) is 12.8. The molecule has 0 radical (unpaired) electrons. The molecule has 1 N–H and O–H groups in total. The van der Waals surface area contributed by atoms with Gasteiger partial charge in [-0.2, -0.15) is 0 Å². The van der Waals surface area contributed by atoms with Crippen molar-refractivity contribution >= 4 is 16.8 Å². The fourth-order valence-electron chi connectivity index (χ4n) is 3.26. The summed E-state index contributed by atoms with van der Waals surface area (Å²) in [5, 5.41) is 1.27. The molecule has 1 fully saturated rings. The zero-order valence-corrected chi connectivity index (χ0v) is 12.8. The second kappa shape index (κ2) is 6.33. The summed E-state index contributed by atoms with van der Waals surface area (Å²) in [6.07, 6.45) is 5.08. The van der Waals surface area contributed by atoms with Crippen LogP contribution in [0.3, 0.4) is 0 Å². The summed E-state index contributed by atoms with van der Waals surface area (Å²) in [5.41, 5.74) is 2.48. The lowest BCUT2D eigenvalue weighted by atomic mass is 9.94. The molecule has 112 valence electrons. The fourth-order valence-corrected chi connectivity index (χ4v) is 3.26. The van der Waals surface area contributed by atoms with Crippen LogP contribution in [0.4, 0.5) is 0 Å². The van der Waals surface area contributed by atoms with E-state index in [1.54, 1.807) is 0 Å². The number of H-pyrrole nitrogens is 1. The number of hydrogen-bond donors (Lipinski definition) is 1. The minimum atomic E-state index is 0.331. The van der Waals surface area contributed by atoms with E-state index in [9.17, 15) is 4.79 Å². The second-order valence-corrected chi connectivity index (χ2v) is 6.09. The molecule has 2 heterocycles. The number of carbonyl (C=O) groups excluding carboxylic acids is 1. The first-order chi connectivity index (χ1) is 10.3. The summed E-state index contributed by atoms with van der Waals surface area (Å²) in [4.78, 5) is 17.8. The van der Waals surface area contributed by atoms with Gasteiger partial charge in [-0.3, -0.25) is 4.79 Å². The molecule has 1 amide bonds. The Hall–Kier alpha value is -1.77. The van der Waals surface area contributed by atoms with E-state index in [4.69, 9.17) is 0 Å². The number of amides is 1. The van der Waals surface area contributed by atoms with Crippen molar-refractivity contribution in [1.82, 2.24) is 9.88 Å². The van der Waals surface area contributed by atoms with Crippen LogP contribution in [0.25, 0.3) is 10.9 Å². The maximum atomic E-state index is 12.2. The number of rotatable bonds is 4. The molecule has 1 saturated heterocycles. The average molecular weight is 284 g/mol. The number of para-hydroxylation sites is 1. The monoisotopic (exact) mass is 284 g/mol. The first kappa shape index (κ1) is 14.2. The largest absolute Gasteiger partial charge is 0.358 e. The number of unbranched alkanes of at least 4 members (excludes halogenated alkanes) is 1. The lowest BCUT2D eigenvalue weighted by molar-refractivity contribution is -0.132. The number of fused-ring (bicyclic) bond motifs is 1. The van der Waals surface area contributed by atoms with Crippen molar-refractivity contribution in [3.05, 3.63) is 36.0 Å². The van der Waals surface area contributed by atoms with E-state index < -0.39 is 0 Å². The molecule has 2 aromatic rings. The van der Waals surface area contributed by atoms with Crippen molar-refractivity contribution in [2.75, 3.05) is 13.1 Å². The van der Waals surface area contributed by atoms with Gasteiger partial charge in [0.05, 0.1) is 0 Å². The molecular weight excluding hydrogens is 260 g/mol. The van der Waals surface area contributed by atoms with Crippen LogP contribution in [-0.4, -0.2) is 28.9 Å². The fraction of sp³-hybridized carbons (Fsp3) is 0.500. The molecule has 3 rings (SSSR count). The predicted molar refractivity (Wildman–Crippen MR) is 86.4 cm³/mol. The van der Waals surface area contributed by atoms with Crippen LogP contribution >= 0.6 is 0 Å².